The van der Waals surface area contributed by atoms with Gasteiger partial charge in [-0.2, -0.15) is 0 Å². The van der Waals surface area contributed by atoms with Crippen molar-refractivity contribution >= 4 is 11.9 Å². The molecule has 0 bridgehead atoms. The lowest BCUT2D eigenvalue weighted by Gasteiger charge is -2.31. The van der Waals surface area contributed by atoms with Gasteiger partial charge in [0.15, 0.2) is 0 Å². The summed E-state index contributed by atoms with van der Waals surface area (Å²) in [6, 6.07) is 0. The fourth-order valence-corrected chi connectivity index (χ4v) is 5.37. The summed E-state index contributed by atoms with van der Waals surface area (Å²) in [7, 11) is 0. The zero-order valence-corrected chi connectivity index (χ0v) is 20.4. The first-order valence-electron chi connectivity index (χ1n) is 13.4. The zero-order chi connectivity index (χ0) is 23.8. The molecule has 8 nitrogen and oxygen atoms in total. The number of hydrogen-bond donors (Lipinski definition) is 1. The maximum atomic E-state index is 13.0. The molecule has 3 unspecified atom stereocenters. The zero-order valence-electron chi connectivity index (χ0n) is 20.4. The predicted octanol–water partition coefficient (Wildman–Crippen LogP) is 3.74. The maximum Gasteiger partial charge on any atom is 0.308 e. The normalized spacial score (nSPS) is 33.8. The van der Waals surface area contributed by atoms with E-state index in [9.17, 15) is 9.59 Å². The highest BCUT2D eigenvalue weighted by atomic mass is 16.6. The van der Waals surface area contributed by atoms with Crippen molar-refractivity contribution in [3.05, 3.63) is 0 Å². The molecule has 4 aliphatic rings. The van der Waals surface area contributed by atoms with Crippen LogP contribution in [0, 0.1) is 17.8 Å². The monoisotopic (exact) mass is 482 g/mol. The quantitative estimate of drug-likeness (QED) is 0.278. The first kappa shape index (κ1) is 25.9. The lowest BCUT2D eigenvalue weighted by molar-refractivity contribution is -0.152. The van der Waals surface area contributed by atoms with E-state index in [2.05, 4.69) is 0 Å². The molecule has 0 spiro atoms. The number of carbonyl (C=O) groups excluding carboxylic acids is 1. The standard InChI is InChI=1S/C26H42O8/c27-25(28)3-1-2-20(12-18-4-8-21(9-5-18)30-14-23-16-32-23)26(29)34-13-19-6-10-22(11-7-19)31-15-24-17-33-24/h18-24H,1-17H2,(H,27,28). The topological polar surface area (TPSA) is 107 Å². The molecule has 0 radical (unpaired) electrons. The third-order valence-corrected chi connectivity index (χ3v) is 7.78. The SMILES string of the molecule is O=C(O)CCCC(CC1CCC(OCC2CO2)CC1)C(=O)OCC1CCC(OCC2CO2)CC1. The van der Waals surface area contributed by atoms with Crippen LogP contribution in [0.4, 0.5) is 0 Å². The molecule has 2 saturated heterocycles. The Morgan fingerprint density at radius 3 is 1.82 bits per heavy atom. The average Bonchev–Trinajstić information content (AvgIpc) is 3.76. The van der Waals surface area contributed by atoms with Gasteiger partial charge < -0.3 is 28.8 Å². The Kier molecular flexibility index (Phi) is 10.0. The van der Waals surface area contributed by atoms with Gasteiger partial charge in [-0.05, 0) is 82.5 Å². The molecule has 0 amide bonds. The molecule has 4 fully saturated rings. The van der Waals surface area contributed by atoms with Crippen LogP contribution in [0.1, 0.15) is 77.0 Å². The average molecular weight is 483 g/mol. The Hall–Kier alpha value is -1.22. The number of carboxylic acids is 1. The van der Waals surface area contributed by atoms with Gasteiger partial charge in [-0.15, -0.1) is 0 Å². The molecule has 2 aliphatic carbocycles. The van der Waals surface area contributed by atoms with Gasteiger partial charge in [-0.3, -0.25) is 9.59 Å². The number of esters is 1. The van der Waals surface area contributed by atoms with Crippen molar-refractivity contribution in [1.29, 1.82) is 0 Å². The summed E-state index contributed by atoms with van der Waals surface area (Å²) in [5.74, 6) is -0.290. The van der Waals surface area contributed by atoms with Crippen molar-refractivity contribution in [3.8, 4) is 0 Å². The van der Waals surface area contributed by atoms with Crippen molar-refractivity contribution in [3.63, 3.8) is 0 Å². The molecule has 0 aromatic rings. The molecule has 0 aromatic carbocycles. The van der Waals surface area contributed by atoms with Gasteiger partial charge in [0.2, 0.25) is 0 Å². The highest BCUT2D eigenvalue weighted by Crippen LogP contribution is 2.34. The summed E-state index contributed by atoms with van der Waals surface area (Å²) in [6.07, 6.45) is 11.4. The first-order chi connectivity index (χ1) is 16.5. The van der Waals surface area contributed by atoms with Crippen LogP contribution in [0.15, 0.2) is 0 Å². The lowest BCUT2D eigenvalue weighted by Crippen LogP contribution is -2.29. The van der Waals surface area contributed by atoms with E-state index < -0.39 is 5.97 Å². The number of rotatable bonds is 15. The van der Waals surface area contributed by atoms with Crippen molar-refractivity contribution in [1.82, 2.24) is 0 Å². The summed E-state index contributed by atoms with van der Waals surface area (Å²) >= 11 is 0. The number of epoxide rings is 2. The third kappa shape index (κ3) is 9.44. The molecule has 4 rings (SSSR count). The van der Waals surface area contributed by atoms with E-state index in [0.29, 0.717) is 68.9 Å². The molecule has 3 atom stereocenters. The minimum absolute atomic E-state index is 0.101. The maximum absolute atomic E-state index is 13.0. The molecule has 1 N–H and O–H groups in total. The van der Waals surface area contributed by atoms with Gasteiger partial charge in [0.25, 0.3) is 0 Å². The van der Waals surface area contributed by atoms with E-state index >= 15 is 0 Å². The van der Waals surface area contributed by atoms with E-state index in [1.165, 1.54) is 0 Å². The number of ether oxygens (including phenoxy) is 5. The van der Waals surface area contributed by atoms with Crippen LogP contribution in [0.3, 0.4) is 0 Å². The van der Waals surface area contributed by atoms with Gasteiger partial charge in [0.1, 0.15) is 12.2 Å². The second kappa shape index (κ2) is 13.2. The van der Waals surface area contributed by atoms with Gasteiger partial charge in [0, 0.05) is 6.42 Å². The van der Waals surface area contributed by atoms with Crippen molar-refractivity contribution in [2.24, 2.45) is 17.8 Å². The van der Waals surface area contributed by atoms with Gasteiger partial charge in [-0.25, -0.2) is 0 Å². The number of aliphatic carboxylic acids is 1. The van der Waals surface area contributed by atoms with E-state index in [0.717, 1.165) is 71.0 Å². The molecule has 194 valence electrons. The minimum Gasteiger partial charge on any atom is -0.481 e. The van der Waals surface area contributed by atoms with E-state index in [1.807, 2.05) is 0 Å². The van der Waals surface area contributed by atoms with E-state index in [4.69, 9.17) is 28.8 Å². The highest BCUT2D eigenvalue weighted by Gasteiger charge is 2.31. The number of carbonyl (C=O) groups is 2. The van der Waals surface area contributed by atoms with Gasteiger partial charge in [0.05, 0.1) is 51.2 Å². The predicted molar refractivity (Wildman–Crippen MR) is 123 cm³/mol. The Labute approximate surface area is 203 Å². The summed E-state index contributed by atoms with van der Waals surface area (Å²) < 4.78 is 28.1. The first-order valence-corrected chi connectivity index (χ1v) is 13.4. The van der Waals surface area contributed by atoms with Crippen molar-refractivity contribution < 1.29 is 38.4 Å². The molecule has 2 heterocycles. The van der Waals surface area contributed by atoms with Crippen LogP contribution in [-0.4, -0.2) is 74.5 Å². The van der Waals surface area contributed by atoms with Crippen LogP contribution < -0.4 is 0 Å². The fourth-order valence-electron chi connectivity index (χ4n) is 5.37. The molecule has 8 heteroatoms. The van der Waals surface area contributed by atoms with Crippen LogP contribution in [0.25, 0.3) is 0 Å². The lowest BCUT2D eigenvalue weighted by atomic mass is 9.80. The largest absolute Gasteiger partial charge is 0.481 e. The van der Waals surface area contributed by atoms with Crippen LogP contribution in [-0.2, 0) is 33.3 Å². The Morgan fingerprint density at radius 2 is 1.32 bits per heavy atom. The smallest absolute Gasteiger partial charge is 0.308 e. The molecular formula is C26H42O8. The molecule has 34 heavy (non-hydrogen) atoms. The Balaban J connectivity index is 1.15. The Morgan fingerprint density at radius 1 is 0.794 bits per heavy atom. The summed E-state index contributed by atoms with van der Waals surface area (Å²) in [6.45, 7) is 3.51. The molecule has 2 saturated carbocycles. The summed E-state index contributed by atoms with van der Waals surface area (Å²) in [5, 5.41) is 9.02. The molecule has 0 aromatic heterocycles. The van der Waals surface area contributed by atoms with E-state index in [1.54, 1.807) is 0 Å². The summed E-state index contributed by atoms with van der Waals surface area (Å²) in [4.78, 5) is 24.0. The molecule has 2 aliphatic heterocycles. The minimum atomic E-state index is -0.809. The summed E-state index contributed by atoms with van der Waals surface area (Å²) in [5.41, 5.74) is 0. The van der Waals surface area contributed by atoms with Crippen LogP contribution >= 0.6 is 0 Å². The highest BCUT2D eigenvalue weighted by molar-refractivity contribution is 5.72. The van der Waals surface area contributed by atoms with Crippen LogP contribution in [0.2, 0.25) is 0 Å². The molecular weight excluding hydrogens is 440 g/mol. The Bertz CT molecular complexity index is 631. The second-order valence-corrected chi connectivity index (χ2v) is 10.7. The van der Waals surface area contributed by atoms with Crippen molar-refractivity contribution in [2.75, 3.05) is 33.0 Å². The van der Waals surface area contributed by atoms with Gasteiger partial charge in [-0.1, -0.05) is 0 Å². The second-order valence-electron chi connectivity index (χ2n) is 10.7. The fraction of sp³-hybridized carbons (Fsp3) is 0.923. The third-order valence-electron chi connectivity index (χ3n) is 7.78. The van der Waals surface area contributed by atoms with E-state index in [-0.39, 0.29) is 18.3 Å². The van der Waals surface area contributed by atoms with Crippen molar-refractivity contribution in [2.45, 2.75) is 101 Å². The number of carboxylic acid groups (broad SMARTS) is 1. The number of hydrogen-bond acceptors (Lipinski definition) is 7. The van der Waals surface area contributed by atoms with Gasteiger partial charge >= 0.3 is 11.9 Å². The van der Waals surface area contributed by atoms with Crippen LogP contribution in [0.5, 0.6) is 0 Å².